The van der Waals surface area contributed by atoms with E-state index < -0.39 is 0 Å². The van der Waals surface area contributed by atoms with E-state index in [2.05, 4.69) is 65.4 Å². The summed E-state index contributed by atoms with van der Waals surface area (Å²) in [6.07, 6.45) is 0. The maximum atomic E-state index is 4.58. The Balaban J connectivity index is 1.74. The van der Waals surface area contributed by atoms with Gasteiger partial charge < -0.3 is 0 Å². The monoisotopic (exact) mass is 295 g/mol. The number of hydrogen-bond acceptors (Lipinski definition) is 3. The van der Waals surface area contributed by atoms with E-state index in [1.54, 1.807) is 11.8 Å². The highest BCUT2D eigenvalue weighted by Gasteiger charge is 2.08. The van der Waals surface area contributed by atoms with E-state index in [-0.39, 0.29) is 0 Å². The Labute approximate surface area is 128 Å². The van der Waals surface area contributed by atoms with E-state index in [9.17, 15) is 0 Å². The predicted molar refractivity (Wildman–Crippen MR) is 87.3 cm³/mol. The van der Waals surface area contributed by atoms with Gasteiger partial charge in [0.05, 0.1) is 0 Å². The Morgan fingerprint density at radius 2 is 1.67 bits per heavy atom. The van der Waals surface area contributed by atoms with Crippen molar-refractivity contribution in [1.82, 2.24) is 15.2 Å². The summed E-state index contributed by atoms with van der Waals surface area (Å²) in [5, 5.41) is 8.13. The third-order valence-electron chi connectivity index (χ3n) is 3.48. The molecule has 0 aliphatic heterocycles. The Hall–Kier alpha value is -2.07. The Morgan fingerprint density at radius 3 is 2.43 bits per heavy atom. The fourth-order valence-electron chi connectivity index (χ4n) is 2.18. The molecule has 0 amide bonds. The molecule has 3 aromatic rings. The molecule has 1 aromatic heterocycles. The van der Waals surface area contributed by atoms with E-state index in [1.165, 1.54) is 16.7 Å². The molecule has 0 radical (unpaired) electrons. The van der Waals surface area contributed by atoms with Crippen molar-refractivity contribution in [2.45, 2.75) is 24.8 Å². The van der Waals surface area contributed by atoms with Gasteiger partial charge in [0, 0.05) is 11.3 Å². The second-order valence-corrected chi connectivity index (χ2v) is 5.94. The number of H-pyrrole nitrogens is 1. The van der Waals surface area contributed by atoms with E-state index in [0.29, 0.717) is 0 Å². The van der Waals surface area contributed by atoms with Gasteiger partial charge in [-0.3, -0.25) is 5.10 Å². The molecule has 1 heterocycles. The lowest BCUT2D eigenvalue weighted by molar-refractivity contribution is 0.973. The van der Waals surface area contributed by atoms with Gasteiger partial charge in [-0.05, 0) is 30.5 Å². The summed E-state index contributed by atoms with van der Waals surface area (Å²) in [6.45, 7) is 4.21. The van der Waals surface area contributed by atoms with Crippen molar-refractivity contribution in [2.24, 2.45) is 0 Å². The predicted octanol–water partition coefficient (Wildman–Crippen LogP) is 4.38. The van der Waals surface area contributed by atoms with Crippen LogP contribution < -0.4 is 0 Å². The first-order valence-electron chi connectivity index (χ1n) is 6.90. The largest absolute Gasteiger partial charge is 0.258 e. The number of benzene rings is 2. The van der Waals surface area contributed by atoms with Gasteiger partial charge >= 0.3 is 0 Å². The molecule has 0 saturated heterocycles. The van der Waals surface area contributed by atoms with Crippen molar-refractivity contribution in [3.63, 3.8) is 0 Å². The molecule has 0 spiro atoms. The van der Waals surface area contributed by atoms with E-state index in [4.69, 9.17) is 0 Å². The Bertz CT molecular complexity index is 749. The number of nitrogens with one attached hydrogen (secondary N) is 1. The Morgan fingerprint density at radius 1 is 0.952 bits per heavy atom. The van der Waals surface area contributed by atoms with Crippen molar-refractivity contribution >= 4 is 11.8 Å². The zero-order chi connectivity index (χ0) is 14.7. The number of nitrogens with zero attached hydrogens (tertiary/aromatic N) is 2. The zero-order valence-corrected chi connectivity index (χ0v) is 12.9. The van der Waals surface area contributed by atoms with E-state index in [1.807, 2.05) is 12.1 Å². The molecule has 3 nitrogen and oxygen atoms in total. The summed E-state index contributed by atoms with van der Waals surface area (Å²) in [6, 6.07) is 16.6. The second kappa shape index (κ2) is 6.14. The molecular formula is C17H17N3S. The molecule has 0 aliphatic rings. The highest BCUT2D eigenvalue weighted by Crippen LogP contribution is 2.24. The number of aromatic nitrogens is 3. The first-order chi connectivity index (χ1) is 10.2. The van der Waals surface area contributed by atoms with Gasteiger partial charge in [-0.25, -0.2) is 4.98 Å². The van der Waals surface area contributed by atoms with Gasteiger partial charge in [-0.15, -0.1) is 5.10 Å². The van der Waals surface area contributed by atoms with Crippen LogP contribution in [0.25, 0.3) is 11.4 Å². The van der Waals surface area contributed by atoms with Crippen LogP contribution in [0.1, 0.15) is 16.7 Å². The molecular weight excluding hydrogens is 278 g/mol. The minimum atomic E-state index is 0.788. The van der Waals surface area contributed by atoms with E-state index in [0.717, 1.165) is 22.3 Å². The molecule has 106 valence electrons. The van der Waals surface area contributed by atoms with Crippen LogP contribution >= 0.6 is 11.8 Å². The third-order valence-corrected chi connectivity index (χ3v) is 4.38. The highest BCUT2D eigenvalue weighted by molar-refractivity contribution is 7.98. The minimum Gasteiger partial charge on any atom is -0.258 e. The molecule has 1 N–H and O–H groups in total. The number of hydrogen-bond donors (Lipinski definition) is 1. The van der Waals surface area contributed by atoms with Gasteiger partial charge in [0.1, 0.15) is 0 Å². The average Bonchev–Trinajstić information content (AvgIpc) is 2.96. The van der Waals surface area contributed by atoms with Gasteiger partial charge in [0.15, 0.2) is 5.82 Å². The summed E-state index contributed by atoms with van der Waals surface area (Å²) in [5.74, 6) is 1.72. The van der Waals surface area contributed by atoms with Gasteiger partial charge in [0.25, 0.3) is 0 Å². The highest BCUT2D eigenvalue weighted by atomic mass is 32.2. The third kappa shape index (κ3) is 3.16. The molecule has 21 heavy (non-hydrogen) atoms. The maximum Gasteiger partial charge on any atom is 0.209 e. The first kappa shape index (κ1) is 13.9. The van der Waals surface area contributed by atoms with Crippen molar-refractivity contribution in [3.8, 4) is 11.4 Å². The minimum absolute atomic E-state index is 0.788. The van der Waals surface area contributed by atoms with Crippen LogP contribution in [-0.4, -0.2) is 15.2 Å². The summed E-state index contributed by atoms with van der Waals surface area (Å²) < 4.78 is 0. The zero-order valence-electron chi connectivity index (χ0n) is 12.1. The van der Waals surface area contributed by atoms with Crippen LogP contribution in [0, 0.1) is 13.8 Å². The summed E-state index contributed by atoms with van der Waals surface area (Å²) in [5.41, 5.74) is 4.93. The lowest BCUT2D eigenvalue weighted by Crippen LogP contribution is -1.86. The molecule has 4 heteroatoms. The molecule has 3 rings (SSSR count). The van der Waals surface area contributed by atoms with Gasteiger partial charge in [0.2, 0.25) is 5.16 Å². The van der Waals surface area contributed by atoms with Crippen LogP contribution in [0.4, 0.5) is 0 Å². The molecule has 2 aromatic carbocycles. The van der Waals surface area contributed by atoms with Crippen molar-refractivity contribution < 1.29 is 0 Å². The fourth-order valence-corrected chi connectivity index (χ4v) is 3.06. The summed E-state index contributed by atoms with van der Waals surface area (Å²) >= 11 is 1.66. The van der Waals surface area contributed by atoms with Crippen LogP contribution in [0.2, 0.25) is 0 Å². The summed E-state index contributed by atoms with van der Waals surface area (Å²) in [4.78, 5) is 4.58. The van der Waals surface area contributed by atoms with Crippen LogP contribution in [0.15, 0.2) is 53.7 Å². The smallest absolute Gasteiger partial charge is 0.209 e. The molecule has 0 aliphatic carbocycles. The average molecular weight is 295 g/mol. The van der Waals surface area contributed by atoms with Crippen LogP contribution in [0.3, 0.4) is 0 Å². The van der Waals surface area contributed by atoms with Crippen LogP contribution in [-0.2, 0) is 5.75 Å². The summed E-state index contributed by atoms with van der Waals surface area (Å²) in [7, 11) is 0. The Kier molecular flexibility index (Phi) is 4.06. The maximum absolute atomic E-state index is 4.58. The number of aryl methyl sites for hydroxylation is 2. The molecule has 0 saturated carbocycles. The van der Waals surface area contributed by atoms with Crippen molar-refractivity contribution in [2.75, 3.05) is 0 Å². The van der Waals surface area contributed by atoms with E-state index >= 15 is 0 Å². The topological polar surface area (TPSA) is 41.6 Å². The lowest BCUT2D eigenvalue weighted by atomic mass is 10.1. The van der Waals surface area contributed by atoms with Crippen molar-refractivity contribution in [3.05, 3.63) is 65.2 Å². The second-order valence-electron chi connectivity index (χ2n) is 5.00. The standard InChI is InChI=1S/C17H17N3S/c1-12-7-3-5-9-14(12)11-21-17-18-16(19-20-17)15-10-6-4-8-13(15)2/h3-10H,11H2,1-2H3,(H,18,19,20). The van der Waals surface area contributed by atoms with Crippen molar-refractivity contribution in [1.29, 1.82) is 0 Å². The molecule has 0 atom stereocenters. The fraction of sp³-hybridized carbons (Fsp3) is 0.176. The first-order valence-corrected chi connectivity index (χ1v) is 7.88. The number of thioether (sulfide) groups is 1. The lowest BCUT2D eigenvalue weighted by Gasteiger charge is -2.02. The number of rotatable bonds is 4. The normalized spacial score (nSPS) is 10.8. The van der Waals surface area contributed by atoms with Gasteiger partial charge in [-0.1, -0.05) is 60.3 Å². The van der Waals surface area contributed by atoms with Gasteiger partial charge in [-0.2, -0.15) is 0 Å². The van der Waals surface area contributed by atoms with Crippen LogP contribution in [0.5, 0.6) is 0 Å². The quantitative estimate of drug-likeness (QED) is 0.726. The molecule has 0 bridgehead atoms. The SMILES string of the molecule is Cc1ccccc1CSc1n[nH]c(-c2ccccc2C)n1. The molecule has 0 fully saturated rings. The number of aromatic amines is 1. The molecule has 0 unspecified atom stereocenters.